The van der Waals surface area contributed by atoms with E-state index in [0.717, 1.165) is 12.4 Å². The third-order valence-corrected chi connectivity index (χ3v) is 4.11. The van der Waals surface area contributed by atoms with Gasteiger partial charge in [-0.1, -0.05) is 25.7 Å². The van der Waals surface area contributed by atoms with Crippen molar-refractivity contribution < 1.29 is 5.11 Å². The largest absolute Gasteiger partial charge is 0.395 e. The first kappa shape index (κ1) is 15.8. The zero-order chi connectivity index (χ0) is 15.1. The Balaban J connectivity index is 2.12. The molecule has 6 nitrogen and oxygen atoms in total. The number of hydrogen-bond donors (Lipinski definition) is 3. The quantitative estimate of drug-likeness (QED) is 0.696. The Hall–Kier alpha value is -1.56. The van der Waals surface area contributed by atoms with Crippen molar-refractivity contribution in [1.82, 2.24) is 9.97 Å². The minimum Gasteiger partial charge on any atom is -0.395 e. The number of nitrogens with one attached hydrogen (secondary N) is 1. The summed E-state index contributed by atoms with van der Waals surface area (Å²) in [7, 11) is 0. The van der Waals surface area contributed by atoms with E-state index in [9.17, 15) is 0 Å². The van der Waals surface area contributed by atoms with Gasteiger partial charge in [-0.25, -0.2) is 9.97 Å². The van der Waals surface area contributed by atoms with Crippen LogP contribution in [0.4, 0.5) is 17.3 Å². The number of likely N-dealkylation sites (N-methyl/N-ethyl adjacent to an activating group) is 1. The fourth-order valence-electron chi connectivity index (χ4n) is 2.90. The molecule has 0 atom stereocenters. The van der Waals surface area contributed by atoms with Crippen LogP contribution in [0.5, 0.6) is 0 Å². The SMILES string of the molecule is CCN(CCO)c1ncnc(NC2CCCCCC2)c1N. The minimum atomic E-state index is 0.0860. The highest BCUT2D eigenvalue weighted by atomic mass is 16.3. The van der Waals surface area contributed by atoms with E-state index in [1.54, 1.807) is 6.33 Å². The number of rotatable bonds is 6. The van der Waals surface area contributed by atoms with Crippen LogP contribution in [0, 0.1) is 0 Å². The first-order chi connectivity index (χ1) is 10.3. The number of nitrogens with zero attached hydrogens (tertiary/aromatic N) is 3. The first-order valence-corrected chi connectivity index (χ1v) is 7.99. The van der Waals surface area contributed by atoms with Crippen molar-refractivity contribution in [1.29, 1.82) is 0 Å². The second-order valence-electron chi connectivity index (χ2n) is 5.60. The zero-order valence-corrected chi connectivity index (χ0v) is 12.9. The van der Waals surface area contributed by atoms with Gasteiger partial charge in [-0.2, -0.15) is 0 Å². The molecule has 4 N–H and O–H groups in total. The van der Waals surface area contributed by atoms with Crippen molar-refractivity contribution in [2.24, 2.45) is 0 Å². The summed E-state index contributed by atoms with van der Waals surface area (Å²) in [6, 6.07) is 0.450. The summed E-state index contributed by atoms with van der Waals surface area (Å²) >= 11 is 0. The van der Waals surface area contributed by atoms with Crippen LogP contribution < -0.4 is 16.0 Å². The highest BCUT2D eigenvalue weighted by molar-refractivity contribution is 5.75. The van der Waals surface area contributed by atoms with E-state index in [2.05, 4.69) is 15.3 Å². The standard InChI is InChI=1S/C15H27N5O/c1-2-20(9-10-21)15-13(16)14(17-11-18-15)19-12-7-5-3-4-6-8-12/h11-12,21H,2-10,16H2,1H3,(H,17,18,19). The summed E-state index contributed by atoms with van der Waals surface area (Å²) in [5.41, 5.74) is 6.82. The van der Waals surface area contributed by atoms with Gasteiger partial charge in [0.05, 0.1) is 6.61 Å². The van der Waals surface area contributed by atoms with E-state index in [0.29, 0.717) is 24.1 Å². The Labute approximate surface area is 126 Å². The average Bonchev–Trinajstić information content (AvgIpc) is 2.76. The molecule has 118 valence electrons. The topological polar surface area (TPSA) is 87.3 Å². The molecule has 0 unspecified atom stereocenters. The third kappa shape index (κ3) is 4.20. The Morgan fingerprint density at radius 2 is 2.00 bits per heavy atom. The number of hydrogen-bond acceptors (Lipinski definition) is 6. The average molecular weight is 293 g/mol. The number of anilines is 3. The number of nitrogens with two attached hydrogens (primary N) is 1. The first-order valence-electron chi connectivity index (χ1n) is 7.99. The van der Waals surface area contributed by atoms with Crippen molar-refractivity contribution in [3.63, 3.8) is 0 Å². The Bertz CT molecular complexity index is 432. The lowest BCUT2D eigenvalue weighted by atomic mass is 10.1. The second kappa shape index (κ2) is 8.02. The van der Waals surface area contributed by atoms with Crippen molar-refractivity contribution in [3.8, 4) is 0 Å². The summed E-state index contributed by atoms with van der Waals surface area (Å²) in [4.78, 5) is 10.6. The Morgan fingerprint density at radius 3 is 2.62 bits per heavy atom. The summed E-state index contributed by atoms with van der Waals surface area (Å²) in [6.07, 6.45) is 9.07. The van der Waals surface area contributed by atoms with E-state index >= 15 is 0 Å². The molecule has 1 aliphatic rings. The van der Waals surface area contributed by atoms with E-state index < -0.39 is 0 Å². The van der Waals surface area contributed by atoms with E-state index in [4.69, 9.17) is 10.8 Å². The Kier molecular flexibility index (Phi) is 6.04. The van der Waals surface area contributed by atoms with Gasteiger partial charge in [0.25, 0.3) is 0 Å². The molecule has 1 aromatic heterocycles. The number of nitrogen functional groups attached to an aromatic ring is 1. The van der Waals surface area contributed by atoms with Crippen molar-refractivity contribution in [2.45, 2.75) is 51.5 Å². The summed E-state index contributed by atoms with van der Waals surface area (Å²) in [5.74, 6) is 1.43. The van der Waals surface area contributed by atoms with Crippen molar-refractivity contribution in [2.75, 3.05) is 35.6 Å². The van der Waals surface area contributed by atoms with Crippen LogP contribution in [0.25, 0.3) is 0 Å². The lowest BCUT2D eigenvalue weighted by Crippen LogP contribution is -2.29. The van der Waals surface area contributed by atoms with Crippen LogP contribution in [0.2, 0.25) is 0 Å². The maximum atomic E-state index is 9.14. The normalized spacial score (nSPS) is 16.5. The maximum absolute atomic E-state index is 9.14. The molecule has 0 amide bonds. The molecule has 0 radical (unpaired) electrons. The fourth-order valence-corrected chi connectivity index (χ4v) is 2.90. The molecule has 0 saturated heterocycles. The number of aromatic nitrogens is 2. The fraction of sp³-hybridized carbons (Fsp3) is 0.733. The van der Waals surface area contributed by atoms with E-state index in [1.807, 2.05) is 11.8 Å². The molecule has 1 aromatic rings. The molecule has 1 heterocycles. The third-order valence-electron chi connectivity index (χ3n) is 4.11. The molecule has 21 heavy (non-hydrogen) atoms. The number of aliphatic hydroxyl groups is 1. The zero-order valence-electron chi connectivity index (χ0n) is 12.9. The van der Waals surface area contributed by atoms with Crippen LogP contribution in [0.15, 0.2) is 6.33 Å². The smallest absolute Gasteiger partial charge is 0.157 e. The van der Waals surface area contributed by atoms with Gasteiger partial charge in [0.15, 0.2) is 11.6 Å². The van der Waals surface area contributed by atoms with Gasteiger partial charge in [0.1, 0.15) is 12.0 Å². The molecular formula is C15H27N5O. The van der Waals surface area contributed by atoms with Crippen LogP contribution in [0.1, 0.15) is 45.4 Å². The van der Waals surface area contributed by atoms with Gasteiger partial charge in [0, 0.05) is 19.1 Å². The van der Waals surface area contributed by atoms with Gasteiger partial charge in [-0.3, -0.25) is 0 Å². The number of aliphatic hydroxyl groups excluding tert-OH is 1. The summed E-state index contributed by atoms with van der Waals surface area (Å²) in [6.45, 7) is 3.39. The van der Waals surface area contributed by atoms with Crippen LogP contribution in [-0.4, -0.2) is 40.8 Å². The highest BCUT2D eigenvalue weighted by Gasteiger charge is 2.17. The van der Waals surface area contributed by atoms with E-state index in [1.165, 1.54) is 38.5 Å². The predicted octanol–water partition coefficient (Wildman–Crippen LogP) is 2.01. The van der Waals surface area contributed by atoms with Gasteiger partial charge in [-0.05, 0) is 19.8 Å². The van der Waals surface area contributed by atoms with Crippen LogP contribution >= 0.6 is 0 Å². The minimum absolute atomic E-state index is 0.0860. The van der Waals surface area contributed by atoms with Gasteiger partial charge in [0.2, 0.25) is 0 Å². The van der Waals surface area contributed by atoms with Gasteiger partial charge in [-0.15, -0.1) is 0 Å². The summed E-state index contributed by atoms with van der Waals surface area (Å²) < 4.78 is 0. The molecule has 0 bridgehead atoms. The molecule has 0 spiro atoms. The van der Waals surface area contributed by atoms with Gasteiger partial charge < -0.3 is 21.1 Å². The van der Waals surface area contributed by atoms with Crippen LogP contribution in [0.3, 0.4) is 0 Å². The van der Waals surface area contributed by atoms with Gasteiger partial charge >= 0.3 is 0 Å². The molecule has 6 heteroatoms. The molecule has 1 fully saturated rings. The predicted molar refractivity (Wildman–Crippen MR) is 86.5 cm³/mol. The molecule has 0 aliphatic heterocycles. The molecule has 1 saturated carbocycles. The van der Waals surface area contributed by atoms with Crippen LogP contribution in [-0.2, 0) is 0 Å². The van der Waals surface area contributed by atoms with Crippen molar-refractivity contribution in [3.05, 3.63) is 6.33 Å². The maximum Gasteiger partial charge on any atom is 0.157 e. The lowest BCUT2D eigenvalue weighted by Gasteiger charge is -2.24. The molecule has 0 aromatic carbocycles. The molecule has 1 aliphatic carbocycles. The molecular weight excluding hydrogens is 266 g/mol. The summed E-state index contributed by atoms with van der Waals surface area (Å²) in [5, 5.41) is 12.6. The second-order valence-corrected chi connectivity index (χ2v) is 5.60. The lowest BCUT2D eigenvalue weighted by molar-refractivity contribution is 0.302. The highest BCUT2D eigenvalue weighted by Crippen LogP contribution is 2.28. The molecule has 2 rings (SSSR count). The van der Waals surface area contributed by atoms with Crippen molar-refractivity contribution >= 4 is 17.3 Å². The van der Waals surface area contributed by atoms with E-state index in [-0.39, 0.29) is 6.61 Å². The monoisotopic (exact) mass is 293 g/mol. The Morgan fingerprint density at radius 1 is 1.29 bits per heavy atom.